The molecule has 1 aliphatic heterocycles. The minimum absolute atomic E-state index is 0.0417. The maximum absolute atomic E-state index is 13.0. The lowest BCUT2D eigenvalue weighted by molar-refractivity contribution is -0.384. The van der Waals surface area contributed by atoms with E-state index in [0.717, 1.165) is 42.7 Å². The van der Waals surface area contributed by atoms with Crippen LogP contribution in [0.3, 0.4) is 0 Å². The number of nitro groups is 1. The zero-order chi connectivity index (χ0) is 22.8. The third kappa shape index (κ3) is 4.97. The normalized spacial score (nSPS) is 14.5. The van der Waals surface area contributed by atoms with Crippen LogP contribution in [0, 0.1) is 10.1 Å². The molecule has 31 heavy (non-hydrogen) atoms. The van der Waals surface area contributed by atoms with Crippen LogP contribution in [0.5, 0.6) is 5.75 Å². The molecule has 1 saturated heterocycles. The van der Waals surface area contributed by atoms with Gasteiger partial charge in [-0.1, -0.05) is 11.6 Å². The topological polar surface area (TPSA) is 110 Å². The maximum atomic E-state index is 13.0. The number of benzene rings is 2. The predicted molar refractivity (Wildman–Crippen MR) is 116 cm³/mol. The molecule has 0 amide bonds. The largest absolute Gasteiger partial charge is 0.421 e. The van der Waals surface area contributed by atoms with E-state index < -0.39 is 20.9 Å². The molecule has 0 aromatic heterocycles. The Labute approximate surface area is 185 Å². The Balaban J connectivity index is 2.01. The third-order valence-electron chi connectivity index (χ3n) is 4.99. The average Bonchev–Trinajstić information content (AvgIpc) is 2.75. The van der Waals surface area contributed by atoms with Crippen molar-refractivity contribution in [1.82, 2.24) is 4.31 Å². The summed E-state index contributed by atoms with van der Waals surface area (Å²) in [7, 11) is -0.960. The van der Waals surface area contributed by atoms with Gasteiger partial charge in [-0.3, -0.25) is 10.1 Å². The first-order valence-electron chi connectivity index (χ1n) is 9.59. The van der Waals surface area contributed by atoms with Gasteiger partial charge in [0.15, 0.2) is 0 Å². The number of nitrogens with zero attached hydrogens (tertiary/aromatic N) is 3. The smallest absolute Gasteiger partial charge is 0.345 e. The first-order chi connectivity index (χ1) is 14.6. The Morgan fingerprint density at radius 3 is 2.39 bits per heavy atom. The number of rotatable bonds is 6. The first kappa shape index (κ1) is 23.0. The number of ether oxygens (including phenoxy) is 1. The summed E-state index contributed by atoms with van der Waals surface area (Å²) in [5.74, 6) is -0.852. The molecule has 3 rings (SSSR count). The minimum Gasteiger partial charge on any atom is -0.421 e. The summed E-state index contributed by atoms with van der Waals surface area (Å²) < 4.78 is 31.6. The molecule has 2 aromatic carbocycles. The Bertz CT molecular complexity index is 1110. The number of hydrogen-bond acceptors (Lipinski definition) is 7. The van der Waals surface area contributed by atoms with Gasteiger partial charge in [-0.25, -0.2) is 17.5 Å². The van der Waals surface area contributed by atoms with Crippen LogP contribution in [0.4, 0.5) is 11.4 Å². The number of hydrogen-bond donors (Lipinski definition) is 0. The predicted octanol–water partition coefficient (Wildman–Crippen LogP) is 3.71. The minimum atomic E-state index is -3.77. The van der Waals surface area contributed by atoms with Gasteiger partial charge < -0.3 is 9.64 Å². The van der Waals surface area contributed by atoms with Crippen LogP contribution in [0.2, 0.25) is 5.02 Å². The molecule has 0 bridgehead atoms. The molecule has 1 fully saturated rings. The van der Waals surface area contributed by atoms with Gasteiger partial charge in [-0.05, 0) is 43.5 Å². The van der Waals surface area contributed by atoms with Crippen molar-refractivity contribution in [3.8, 4) is 5.75 Å². The van der Waals surface area contributed by atoms with E-state index in [2.05, 4.69) is 0 Å². The SMILES string of the molecule is CN(C)S(=O)(=O)c1ccc(N2CCCCC2)c(C(=O)Oc2ccc([N+](=O)[O-])cc2Cl)c1. The van der Waals surface area contributed by atoms with Gasteiger partial charge in [0.2, 0.25) is 10.0 Å². The molecule has 9 nitrogen and oxygen atoms in total. The van der Waals surface area contributed by atoms with Crippen LogP contribution in [0.15, 0.2) is 41.3 Å². The van der Waals surface area contributed by atoms with Crippen LogP contribution >= 0.6 is 11.6 Å². The fourth-order valence-electron chi connectivity index (χ4n) is 3.30. The Kier molecular flexibility index (Phi) is 6.83. The van der Waals surface area contributed by atoms with Crippen molar-refractivity contribution >= 4 is 39.0 Å². The summed E-state index contributed by atoms with van der Waals surface area (Å²) in [6, 6.07) is 7.86. The van der Waals surface area contributed by atoms with Crippen molar-refractivity contribution in [1.29, 1.82) is 0 Å². The zero-order valence-corrected chi connectivity index (χ0v) is 18.6. The molecule has 1 heterocycles. The molecule has 0 atom stereocenters. The van der Waals surface area contributed by atoms with Crippen molar-refractivity contribution in [3.63, 3.8) is 0 Å². The standard InChI is InChI=1S/C20H22ClN3O6S/c1-22(2)31(28,29)15-7-8-18(23-10-4-3-5-11-23)16(13-15)20(25)30-19-9-6-14(24(26)27)12-17(19)21/h6-9,12-13H,3-5,10-11H2,1-2H3. The fraction of sp³-hybridized carbons (Fsp3) is 0.350. The highest BCUT2D eigenvalue weighted by Gasteiger charge is 2.26. The number of sulfonamides is 1. The fourth-order valence-corrected chi connectivity index (χ4v) is 4.44. The molecule has 2 aromatic rings. The lowest BCUT2D eigenvalue weighted by Gasteiger charge is -2.30. The average molecular weight is 468 g/mol. The van der Waals surface area contributed by atoms with Crippen molar-refractivity contribution in [2.24, 2.45) is 0 Å². The van der Waals surface area contributed by atoms with E-state index >= 15 is 0 Å². The summed E-state index contributed by atoms with van der Waals surface area (Å²) in [6.07, 6.45) is 3.00. The van der Waals surface area contributed by atoms with Crippen molar-refractivity contribution < 1.29 is 22.9 Å². The van der Waals surface area contributed by atoms with Gasteiger partial charge in [0.05, 0.1) is 26.1 Å². The Morgan fingerprint density at radius 2 is 1.81 bits per heavy atom. The second-order valence-electron chi connectivity index (χ2n) is 7.28. The van der Waals surface area contributed by atoms with Crippen LogP contribution in [-0.2, 0) is 10.0 Å². The van der Waals surface area contributed by atoms with Crippen LogP contribution in [0.1, 0.15) is 29.6 Å². The second-order valence-corrected chi connectivity index (χ2v) is 9.83. The molecule has 0 N–H and O–H groups in total. The van der Waals surface area contributed by atoms with Crippen molar-refractivity contribution in [3.05, 3.63) is 57.1 Å². The van der Waals surface area contributed by atoms with E-state index in [-0.39, 0.29) is 26.9 Å². The molecular formula is C20H22ClN3O6S. The number of esters is 1. The van der Waals surface area contributed by atoms with Gasteiger partial charge >= 0.3 is 5.97 Å². The maximum Gasteiger partial charge on any atom is 0.345 e. The highest BCUT2D eigenvalue weighted by molar-refractivity contribution is 7.89. The molecule has 1 aliphatic rings. The van der Waals surface area contributed by atoms with Crippen molar-refractivity contribution in [2.75, 3.05) is 32.1 Å². The van der Waals surface area contributed by atoms with Gasteiger partial charge in [0, 0.05) is 39.3 Å². The van der Waals surface area contributed by atoms with Gasteiger partial charge in [0.1, 0.15) is 5.75 Å². The van der Waals surface area contributed by atoms with Gasteiger partial charge in [-0.2, -0.15) is 0 Å². The number of non-ortho nitro benzene ring substituents is 1. The Hall–Kier alpha value is -2.69. The summed E-state index contributed by atoms with van der Waals surface area (Å²) in [4.78, 5) is 25.3. The number of nitro benzene ring substituents is 1. The number of carbonyl (C=O) groups is 1. The highest BCUT2D eigenvalue weighted by Crippen LogP contribution is 2.32. The summed E-state index contributed by atoms with van der Waals surface area (Å²) in [6.45, 7) is 1.47. The van der Waals surface area contributed by atoms with Gasteiger partial charge in [0.25, 0.3) is 5.69 Å². The van der Waals surface area contributed by atoms with Crippen molar-refractivity contribution in [2.45, 2.75) is 24.2 Å². The van der Waals surface area contributed by atoms with E-state index in [0.29, 0.717) is 5.69 Å². The van der Waals surface area contributed by atoms with E-state index in [4.69, 9.17) is 16.3 Å². The quantitative estimate of drug-likeness (QED) is 0.275. The molecule has 0 saturated carbocycles. The monoisotopic (exact) mass is 467 g/mol. The number of anilines is 1. The molecule has 0 radical (unpaired) electrons. The second kappa shape index (κ2) is 9.21. The summed E-state index contributed by atoms with van der Waals surface area (Å²) >= 11 is 6.04. The van der Waals surface area contributed by atoms with E-state index in [9.17, 15) is 23.3 Å². The first-order valence-corrected chi connectivity index (χ1v) is 11.4. The van der Waals surface area contributed by atoms with Crippen LogP contribution in [-0.4, -0.2) is 50.8 Å². The lowest BCUT2D eigenvalue weighted by atomic mass is 10.1. The van der Waals surface area contributed by atoms with E-state index in [1.54, 1.807) is 6.07 Å². The number of carbonyl (C=O) groups excluding carboxylic acids is 1. The Morgan fingerprint density at radius 1 is 1.13 bits per heavy atom. The number of piperidine rings is 1. The molecular weight excluding hydrogens is 446 g/mol. The van der Waals surface area contributed by atoms with Crippen LogP contribution < -0.4 is 9.64 Å². The third-order valence-corrected chi connectivity index (χ3v) is 7.10. The van der Waals surface area contributed by atoms with E-state index in [1.807, 2.05) is 4.90 Å². The highest BCUT2D eigenvalue weighted by atomic mass is 35.5. The molecule has 0 unspecified atom stereocenters. The summed E-state index contributed by atoms with van der Waals surface area (Å²) in [5, 5.41) is 10.8. The zero-order valence-electron chi connectivity index (χ0n) is 17.1. The lowest BCUT2D eigenvalue weighted by Crippen LogP contribution is -2.31. The number of halogens is 1. The molecule has 166 valence electrons. The molecule has 0 spiro atoms. The van der Waals surface area contributed by atoms with Gasteiger partial charge in [-0.15, -0.1) is 0 Å². The molecule has 11 heteroatoms. The van der Waals surface area contributed by atoms with Crippen LogP contribution in [0.25, 0.3) is 0 Å². The summed E-state index contributed by atoms with van der Waals surface area (Å²) in [5.41, 5.74) is 0.414. The van der Waals surface area contributed by atoms with E-state index in [1.165, 1.54) is 38.4 Å². The molecule has 0 aliphatic carbocycles.